The molecule has 0 spiro atoms. The number of phenols is 2. The molecule has 8 nitrogen and oxygen atoms in total. The van der Waals surface area contributed by atoms with Crippen LogP contribution < -0.4 is 0 Å². The number of ketones is 1. The standard InChI is InChI=1S/C51H74O8/c1-33(12-10-14-34(2)31-52)13-11-15-36(17-18-37-30-38(54)19-21-42(37)55)46(57)59-45(51(9,58)32-53)23-16-35(3)39-24-28-50(8)41-20-22-43-47(4,5)44(56)26-27-48(43,6)40(41)25-29-49(39,50)7/h13-14,17,19-21,25,30,35,39,43,45,52-55,58H,10-12,15-16,18,22-24,26-29,31-32H2,1-9H3/b33-13+,34-14+,36-17-/t35-,39-,43?,45+,48-,49-,50+,51?/m1/s1. The van der Waals surface area contributed by atoms with E-state index < -0.39 is 24.3 Å². The predicted octanol–water partition coefficient (Wildman–Crippen LogP) is 10.2. The van der Waals surface area contributed by atoms with Crippen LogP contribution in [0.15, 0.2) is 76.4 Å². The minimum Gasteiger partial charge on any atom is -0.508 e. The predicted molar refractivity (Wildman–Crippen MR) is 235 cm³/mol. The van der Waals surface area contributed by atoms with Gasteiger partial charge in [-0.2, -0.15) is 0 Å². The number of Topliss-reactive ketones (excluding diaryl/α,β-unsaturated/α-hetero) is 1. The fourth-order valence-corrected chi connectivity index (χ4v) is 11.6. The van der Waals surface area contributed by atoms with Gasteiger partial charge in [-0.05, 0) is 161 Å². The van der Waals surface area contributed by atoms with Crippen LogP contribution in [-0.2, 0) is 20.7 Å². The van der Waals surface area contributed by atoms with E-state index in [2.05, 4.69) is 59.8 Å². The van der Waals surface area contributed by atoms with E-state index in [1.54, 1.807) is 6.08 Å². The molecular weight excluding hydrogens is 741 g/mol. The number of phenolic OH excluding ortho intramolecular Hbond substituents is 2. The van der Waals surface area contributed by atoms with Crippen LogP contribution in [0.3, 0.4) is 0 Å². The molecule has 2 saturated carbocycles. The quantitative estimate of drug-likeness (QED) is 0.0453. The average molecular weight is 815 g/mol. The van der Waals surface area contributed by atoms with Crippen LogP contribution in [0.5, 0.6) is 11.5 Å². The fraction of sp³-hybridized carbons (Fsp3) is 0.647. The van der Waals surface area contributed by atoms with Gasteiger partial charge in [-0.15, -0.1) is 0 Å². The van der Waals surface area contributed by atoms with Gasteiger partial charge in [0.05, 0.1) is 13.2 Å². The summed E-state index contributed by atoms with van der Waals surface area (Å²) in [4.78, 5) is 27.1. The van der Waals surface area contributed by atoms with E-state index in [0.717, 1.165) is 56.1 Å². The molecule has 326 valence electrons. The summed E-state index contributed by atoms with van der Waals surface area (Å²) in [6.07, 6.45) is 19.4. The summed E-state index contributed by atoms with van der Waals surface area (Å²) in [5.74, 6) is 0.813. The second kappa shape index (κ2) is 18.3. The number of aliphatic hydroxyl groups excluding tert-OH is 2. The van der Waals surface area contributed by atoms with Crippen molar-refractivity contribution in [2.45, 2.75) is 157 Å². The molecule has 0 aliphatic heterocycles. The number of carbonyl (C=O) groups is 2. The Labute approximate surface area is 354 Å². The van der Waals surface area contributed by atoms with Gasteiger partial charge in [0.2, 0.25) is 0 Å². The van der Waals surface area contributed by atoms with E-state index in [1.165, 1.54) is 36.3 Å². The fourth-order valence-electron chi connectivity index (χ4n) is 11.6. The molecule has 1 aromatic rings. The molecule has 0 radical (unpaired) electrons. The summed E-state index contributed by atoms with van der Waals surface area (Å²) in [5, 5.41) is 51.6. The summed E-state index contributed by atoms with van der Waals surface area (Å²) in [6, 6.07) is 4.30. The molecule has 0 amide bonds. The van der Waals surface area contributed by atoms with Gasteiger partial charge in [0.25, 0.3) is 0 Å². The number of carbonyl (C=O) groups excluding carboxylic acids is 2. The summed E-state index contributed by atoms with van der Waals surface area (Å²) in [5.41, 5.74) is 3.95. The van der Waals surface area contributed by atoms with Crippen LogP contribution in [0.2, 0.25) is 0 Å². The lowest BCUT2D eigenvalue weighted by Gasteiger charge is -2.59. The molecule has 1 aromatic carbocycles. The number of hydrogen-bond donors (Lipinski definition) is 5. The highest BCUT2D eigenvalue weighted by Crippen LogP contribution is 2.71. The number of esters is 1. The second-order valence-corrected chi connectivity index (χ2v) is 20.2. The average Bonchev–Trinajstić information content (AvgIpc) is 3.47. The summed E-state index contributed by atoms with van der Waals surface area (Å²) in [6.45, 7) is 18.9. The Morgan fingerprint density at radius 1 is 0.949 bits per heavy atom. The van der Waals surface area contributed by atoms with E-state index in [0.29, 0.717) is 60.9 Å². The van der Waals surface area contributed by atoms with E-state index in [1.807, 2.05) is 19.9 Å². The molecule has 0 aromatic heterocycles. The molecule has 2 unspecified atom stereocenters. The largest absolute Gasteiger partial charge is 0.508 e. The van der Waals surface area contributed by atoms with E-state index in [-0.39, 0.29) is 52.1 Å². The normalized spacial score (nSPS) is 30.3. The molecule has 8 heteroatoms. The minimum atomic E-state index is -1.66. The summed E-state index contributed by atoms with van der Waals surface area (Å²) < 4.78 is 6.17. The monoisotopic (exact) mass is 815 g/mol. The second-order valence-electron chi connectivity index (χ2n) is 20.2. The maximum atomic E-state index is 14.1. The van der Waals surface area contributed by atoms with Crippen molar-refractivity contribution in [2.75, 3.05) is 13.2 Å². The van der Waals surface area contributed by atoms with Crippen molar-refractivity contribution in [1.82, 2.24) is 0 Å². The topological polar surface area (TPSA) is 145 Å². The number of benzene rings is 1. The number of hydrogen-bond acceptors (Lipinski definition) is 8. The molecule has 8 atom stereocenters. The molecule has 59 heavy (non-hydrogen) atoms. The molecule has 4 aliphatic carbocycles. The highest BCUT2D eigenvalue weighted by molar-refractivity contribution is 5.88. The Bertz CT molecular complexity index is 1880. The van der Waals surface area contributed by atoms with Crippen molar-refractivity contribution in [2.24, 2.45) is 39.4 Å². The molecule has 2 fully saturated rings. The lowest BCUT2D eigenvalue weighted by molar-refractivity contribution is -0.165. The van der Waals surface area contributed by atoms with Gasteiger partial charge in [0, 0.05) is 23.0 Å². The summed E-state index contributed by atoms with van der Waals surface area (Å²) >= 11 is 0. The third-order valence-electron chi connectivity index (χ3n) is 16.0. The van der Waals surface area contributed by atoms with Crippen molar-refractivity contribution in [3.05, 3.63) is 82.0 Å². The molecule has 5 N–H and O–H groups in total. The first-order chi connectivity index (χ1) is 27.6. The Morgan fingerprint density at radius 3 is 2.34 bits per heavy atom. The number of aromatic hydroxyl groups is 2. The van der Waals surface area contributed by atoms with Gasteiger partial charge in [0.1, 0.15) is 29.0 Å². The molecule has 0 saturated heterocycles. The maximum absolute atomic E-state index is 14.1. The Hall–Kier alpha value is -3.46. The Kier molecular flexibility index (Phi) is 14.4. The zero-order valence-electron chi connectivity index (χ0n) is 37.5. The van der Waals surface area contributed by atoms with Gasteiger partial charge in [-0.3, -0.25) is 4.79 Å². The first-order valence-corrected chi connectivity index (χ1v) is 22.3. The van der Waals surface area contributed by atoms with Crippen LogP contribution in [0.25, 0.3) is 0 Å². The van der Waals surface area contributed by atoms with Gasteiger partial charge in [-0.1, -0.05) is 83.1 Å². The Morgan fingerprint density at radius 2 is 1.64 bits per heavy atom. The summed E-state index contributed by atoms with van der Waals surface area (Å²) in [7, 11) is 0. The first kappa shape index (κ1) is 46.6. The van der Waals surface area contributed by atoms with E-state index >= 15 is 0 Å². The van der Waals surface area contributed by atoms with Gasteiger partial charge in [0.15, 0.2) is 0 Å². The maximum Gasteiger partial charge on any atom is 0.334 e. The number of allylic oxidation sites excluding steroid dienone is 8. The smallest absolute Gasteiger partial charge is 0.334 e. The highest BCUT2D eigenvalue weighted by atomic mass is 16.6. The highest BCUT2D eigenvalue weighted by Gasteiger charge is 2.63. The van der Waals surface area contributed by atoms with Gasteiger partial charge < -0.3 is 30.3 Å². The third-order valence-corrected chi connectivity index (χ3v) is 16.0. The number of fused-ring (bicyclic) bond motifs is 5. The van der Waals surface area contributed by atoms with Crippen LogP contribution in [-0.4, -0.2) is 62.2 Å². The SMILES string of the molecule is C/C(=C\CC/C(C)=C/CC/C(=C/Cc1cc(O)ccc1O)C(=O)O[C@@H](CC[C@@H](C)[C@H]1CC[C@@]2(C)C3=CCC4C(C)(C)C(=O)CC[C@]4(C)C3=CC[C@]12C)C(C)(O)CO)CO. The molecule has 0 heterocycles. The zero-order chi connectivity index (χ0) is 43.6. The van der Waals surface area contributed by atoms with Crippen LogP contribution >= 0.6 is 0 Å². The van der Waals surface area contributed by atoms with E-state index in [9.17, 15) is 35.1 Å². The van der Waals surface area contributed by atoms with Gasteiger partial charge >= 0.3 is 5.97 Å². The number of ether oxygens (including phenoxy) is 1. The minimum absolute atomic E-state index is 0.00356. The lowest BCUT2D eigenvalue weighted by atomic mass is 9.44. The van der Waals surface area contributed by atoms with Crippen LogP contribution in [0.1, 0.15) is 145 Å². The van der Waals surface area contributed by atoms with Crippen molar-refractivity contribution >= 4 is 11.8 Å². The van der Waals surface area contributed by atoms with Crippen molar-refractivity contribution in [3.8, 4) is 11.5 Å². The van der Waals surface area contributed by atoms with Crippen LogP contribution in [0.4, 0.5) is 0 Å². The Balaban J connectivity index is 1.32. The van der Waals surface area contributed by atoms with Crippen molar-refractivity contribution in [1.29, 1.82) is 0 Å². The lowest BCUT2D eigenvalue weighted by Crippen LogP contribution is -2.53. The zero-order valence-corrected chi connectivity index (χ0v) is 37.5. The third kappa shape index (κ3) is 9.40. The number of aliphatic hydroxyl groups is 3. The molecule has 0 bridgehead atoms. The first-order valence-electron chi connectivity index (χ1n) is 22.3. The van der Waals surface area contributed by atoms with Crippen molar-refractivity contribution < 1.29 is 39.9 Å². The molecular formula is C51H74O8. The van der Waals surface area contributed by atoms with Crippen molar-refractivity contribution in [3.63, 3.8) is 0 Å². The molecule has 5 rings (SSSR count). The van der Waals surface area contributed by atoms with E-state index in [4.69, 9.17) is 4.74 Å². The molecule has 4 aliphatic rings. The van der Waals surface area contributed by atoms with Gasteiger partial charge in [-0.25, -0.2) is 4.79 Å². The van der Waals surface area contributed by atoms with Crippen LogP contribution in [0, 0.1) is 39.4 Å². The number of rotatable bonds is 17.